The summed E-state index contributed by atoms with van der Waals surface area (Å²) in [6.45, 7) is 5.95. The average molecular weight is 246 g/mol. The number of carbonyl (C=O) groups is 1. The summed E-state index contributed by atoms with van der Waals surface area (Å²) in [6.07, 6.45) is 0.488. The second-order valence-corrected chi connectivity index (χ2v) is 4.23. The fourth-order valence-corrected chi connectivity index (χ4v) is 1.95. The first-order chi connectivity index (χ1) is 8.08. The molecule has 0 aromatic rings. The van der Waals surface area contributed by atoms with Crippen LogP contribution in [-0.2, 0) is 23.7 Å². The molecule has 0 bridgehead atoms. The Labute approximate surface area is 102 Å². The van der Waals surface area contributed by atoms with Gasteiger partial charge in [-0.25, -0.2) is 0 Å². The van der Waals surface area contributed by atoms with Gasteiger partial charge in [-0.05, 0) is 13.3 Å². The maximum atomic E-state index is 11.0. The molecule has 4 unspecified atom stereocenters. The summed E-state index contributed by atoms with van der Waals surface area (Å²) >= 11 is 0. The topological polar surface area (TPSA) is 54.0 Å². The Hall–Kier alpha value is -0.650. The van der Waals surface area contributed by atoms with E-state index in [1.807, 2.05) is 13.8 Å². The normalized spacial score (nSPS) is 33.4. The van der Waals surface area contributed by atoms with E-state index in [-0.39, 0.29) is 30.6 Å². The Bertz CT molecular complexity index is 243. The molecule has 5 nitrogen and oxygen atoms in total. The van der Waals surface area contributed by atoms with E-state index in [9.17, 15) is 4.79 Å². The maximum Gasteiger partial charge on any atom is 0.303 e. The predicted molar refractivity (Wildman–Crippen MR) is 61.5 cm³/mol. The Morgan fingerprint density at radius 2 is 2.18 bits per heavy atom. The number of carbonyl (C=O) groups excluding carboxylic acids is 1. The van der Waals surface area contributed by atoms with Crippen LogP contribution in [0.1, 0.15) is 33.6 Å². The third-order valence-corrected chi connectivity index (χ3v) is 2.73. The number of hydrogen-bond acceptors (Lipinski definition) is 5. The van der Waals surface area contributed by atoms with Gasteiger partial charge in [0.1, 0.15) is 6.10 Å². The van der Waals surface area contributed by atoms with E-state index in [0.717, 1.165) is 6.42 Å². The first-order valence-corrected chi connectivity index (χ1v) is 6.05. The zero-order chi connectivity index (χ0) is 12.8. The van der Waals surface area contributed by atoms with E-state index in [0.29, 0.717) is 13.0 Å². The molecule has 17 heavy (non-hydrogen) atoms. The highest BCUT2D eigenvalue weighted by atomic mass is 16.7. The van der Waals surface area contributed by atoms with Crippen molar-refractivity contribution in [2.24, 2.45) is 0 Å². The summed E-state index contributed by atoms with van der Waals surface area (Å²) < 4.78 is 21.8. The summed E-state index contributed by atoms with van der Waals surface area (Å²) in [5.41, 5.74) is 0. The molecule has 0 spiro atoms. The van der Waals surface area contributed by atoms with Gasteiger partial charge in [-0.2, -0.15) is 0 Å². The van der Waals surface area contributed by atoms with Gasteiger partial charge in [0.25, 0.3) is 0 Å². The quantitative estimate of drug-likeness (QED) is 0.688. The van der Waals surface area contributed by atoms with Crippen LogP contribution in [0.4, 0.5) is 0 Å². The third-order valence-electron chi connectivity index (χ3n) is 2.73. The van der Waals surface area contributed by atoms with Crippen molar-refractivity contribution in [1.82, 2.24) is 0 Å². The molecule has 5 heteroatoms. The van der Waals surface area contributed by atoms with Gasteiger partial charge in [0, 0.05) is 27.1 Å². The van der Waals surface area contributed by atoms with Crippen LogP contribution in [0, 0.1) is 0 Å². The van der Waals surface area contributed by atoms with Gasteiger partial charge in [0.15, 0.2) is 12.4 Å². The molecular weight excluding hydrogens is 224 g/mol. The van der Waals surface area contributed by atoms with Gasteiger partial charge in [0.05, 0.1) is 6.10 Å². The zero-order valence-corrected chi connectivity index (χ0v) is 11.0. The lowest BCUT2D eigenvalue weighted by molar-refractivity contribution is -0.255. The van der Waals surface area contributed by atoms with Crippen molar-refractivity contribution < 1.29 is 23.7 Å². The first kappa shape index (κ1) is 14.4. The molecule has 0 N–H and O–H groups in total. The van der Waals surface area contributed by atoms with E-state index in [4.69, 9.17) is 18.9 Å². The van der Waals surface area contributed by atoms with E-state index in [1.165, 1.54) is 6.92 Å². The summed E-state index contributed by atoms with van der Waals surface area (Å²) in [5, 5.41) is 0. The number of esters is 1. The fraction of sp³-hybridized carbons (Fsp3) is 0.917. The summed E-state index contributed by atoms with van der Waals surface area (Å²) in [6, 6.07) is 0. The Kier molecular flexibility index (Phi) is 5.88. The highest BCUT2D eigenvalue weighted by Gasteiger charge is 2.39. The lowest BCUT2D eigenvalue weighted by atomic mass is 10.0. The van der Waals surface area contributed by atoms with Crippen LogP contribution in [0.2, 0.25) is 0 Å². The van der Waals surface area contributed by atoms with Gasteiger partial charge in [-0.15, -0.1) is 0 Å². The van der Waals surface area contributed by atoms with Crippen molar-refractivity contribution in [3.63, 3.8) is 0 Å². The highest BCUT2D eigenvalue weighted by Crippen LogP contribution is 2.25. The first-order valence-electron chi connectivity index (χ1n) is 6.05. The number of rotatable bonds is 5. The van der Waals surface area contributed by atoms with Crippen molar-refractivity contribution in [2.45, 2.75) is 58.2 Å². The molecule has 4 atom stereocenters. The second-order valence-electron chi connectivity index (χ2n) is 4.23. The highest BCUT2D eigenvalue weighted by molar-refractivity contribution is 5.66. The number of hydrogen-bond donors (Lipinski definition) is 0. The Morgan fingerprint density at radius 3 is 2.71 bits per heavy atom. The Morgan fingerprint density at radius 1 is 1.47 bits per heavy atom. The molecule has 1 aliphatic heterocycles. The minimum Gasteiger partial charge on any atom is -0.457 e. The molecule has 0 radical (unpaired) electrons. The van der Waals surface area contributed by atoms with Gasteiger partial charge in [-0.1, -0.05) is 6.92 Å². The molecule has 1 fully saturated rings. The van der Waals surface area contributed by atoms with Gasteiger partial charge >= 0.3 is 5.97 Å². The molecule has 1 saturated heterocycles. The largest absolute Gasteiger partial charge is 0.457 e. The maximum absolute atomic E-state index is 11.0. The van der Waals surface area contributed by atoms with Crippen molar-refractivity contribution >= 4 is 5.97 Å². The van der Waals surface area contributed by atoms with Crippen molar-refractivity contribution in [3.05, 3.63) is 0 Å². The van der Waals surface area contributed by atoms with Crippen LogP contribution in [0.25, 0.3) is 0 Å². The molecule has 0 saturated carbocycles. The minimum atomic E-state index is -0.362. The molecule has 1 aliphatic rings. The standard InChI is InChI=1S/C12H22O5/c1-5-6-15-11-7-10(14-4)12(8(2)16-11)17-9(3)13/h8,10-12H,5-7H2,1-4H3. The molecule has 0 aromatic heterocycles. The van der Waals surface area contributed by atoms with Crippen LogP contribution in [0.15, 0.2) is 0 Å². The molecule has 100 valence electrons. The lowest BCUT2D eigenvalue weighted by Gasteiger charge is -2.38. The molecule has 0 aliphatic carbocycles. The molecular formula is C12H22O5. The predicted octanol–water partition coefficient (Wildman–Crippen LogP) is 1.49. The van der Waals surface area contributed by atoms with Crippen LogP contribution >= 0.6 is 0 Å². The summed E-state index contributed by atoms with van der Waals surface area (Å²) in [5.74, 6) is -0.319. The SMILES string of the molecule is CCCOC1CC(OC)C(OC(C)=O)C(C)O1. The number of ether oxygens (including phenoxy) is 4. The average Bonchev–Trinajstić information content (AvgIpc) is 2.28. The van der Waals surface area contributed by atoms with Crippen molar-refractivity contribution in [3.8, 4) is 0 Å². The van der Waals surface area contributed by atoms with Crippen LogP contribution in [0.5, 0.6) is 0 Å². The van der Waals surface area contributed by atoms with Gasteiger partial charge in [0.2, 0.25) is 0 Å². The second kappa shape index (κ2) is 6.93. The zero-order valence-electron chi connectivity index (χ0n) is 11.0. The minimum absolute atomic E-state index is 0.176. The van der Waals surface area contributed by atoms with Crippen LogP contribution < -0.4 is 0 Å². The van der Waals surface area contributed by atoms with Crippen molar-refractivity contribution in [1.29, 1.82) is 0 Å². The Balaban J connectivity index is 2.56. The van der Waals surface area contributed by atoms with E-state index in [2.05, 4.69) is 0 Å². The van der Waals surface area contributed by atoms with Crippen LogP contribution in [0.3, 0.4) is 0 Å². The summed E-state index contributed by atoms with van der Waals surface area (Å²) in [4.78, 5) is 11.0. The third kappa shape index (κ3) is 4.26. The van der Waals surface area contributed by atoms with E-state index in [1.54, 1.807) is 7.11 Å². The van der Waals surface area contributed by atoms with Crippen LogP contribution in [-0.4, -0.2) is 44.3 Å². The van der Waals surface area contributed by atoms with E-state index >= 15 is 0 Å². The molecule has 1 rings (SSSR count). The lowest BCUT2D eigenvalue weighted by Crippen LogP contribution is -2.50. The van der Waals surface area contributed by atoms with Gasteiger partial charge < -0.3 is 18.9 Å². The van der Waals surface area contributed by atoms with Crippen molar-refractivity contribution in [2.75, 3.05) is 13.7 Å². The van der Waals surface area contributed by atoms with E-state index < -0.39 is 0 Å². The molecule has 1 heterocycles. The molecule has 0 amide bonds. The fourth-order valence-electron chi connectivity index (χ4n) is 1.95. The smallest absolute Gasteiger partial charge is 0.303 e. The summed E-state index contributed by atoms with van der Waals surface area (Å²) in [7, 11) is 1.61. The van der Waals surface area contributed by atoms with Gasteiger partial charge in [-0.3, -0.25) is 4.79 Å². The monoisotopic (exact) mass is 246 g/mol. The number of methoxy groups -OCH3 is 1. The molecule has 0 aromatic carbocycles.